The van der Waals surface area contributed by atoms with Gasteiger partial charge in [-0.25, -0.2) is 4.79 Å². The standard InChI is InChI=1S/C24H27NO5/c1-4-29-22-14-17(8-12-21(22)28-3)9-13-23(26)30-16(2)24(27)25-20-11-10-18-6-5-7-19(18)15-20/h8-16H,4-7H2,1-3H3,(H,25,27)/b13-9+/t16-/m1/s1. The minimum Gasteiger partial charge on any atom is -0.493 e. The number of carbonyl (C=O) groups excluding carboxylic acids is 2. The van der Waals surface area contributed by atoms with Gasteiger partial charge in [0, 0.05) is 11.8 Å². The normalized spacial score (nSPS) is 13.6. The van der Waals surface area contributed by atoms with Crippen LogP contribution in [-0.2, 0) is 27.2 Å². The SMILES string of the molecule is CCOc1cc(/C=C/C(=O)O[C@H](C)C(=O)Nc2ccc3c(c2)CCC3)ccc1OC. The van der Waals surface area contributed by atoms with E-state index in [2.05, 4.69) is 5.32 Å². The first-order valence-electron chi connectivity index (χ1n) is 10.1. The van der Waals surface area contributed by atoms with Gasteiger partial charge in [-0.1, -0.05) is 12.1 Å². The van der Waals surface area contributed by atoms with E-state index < -0.39 is 12.1 Å². The maximum absolute atomic E-state index is 12.4. The average molecular weight is 409 g/mol. The van der Waals surface area contributed by atoms with Crippen LogP contribution < -0.4 is 14.8 Å². The molecule has 0 fully saturated rings. The van der Waals surface area contributed by atoms with Crippen molar-refractivity contribution in [3.8, 4) is 11.5 Å². The smallest absolute Gasteiger partial charge is 0.331 e. The largest absolute Gasteiger partial charge is 0.493 e. The van der Waals surface area contributed by atoms with Crippen LogP contribution in [-0.4, -0.2) is 31.7 Å². The second-order valence-corrected chi connectivity index (χ2v) is 7.08. The third-order valence-corrected chi connectivity index (χ3v) is 4.93. The van der Waals surface area contributed by atoms with Crippen molar-refractivity contribution in [2.45, 2.75) is 39.2 Å². The molecule has 1 amide bonds. The maximum atomic E-state index is 12.4. The molecule has 0 aliphatic heterocycles. The summed E-state index contributed by atoms with van der Waals surface area (Å²) < 4.78 is 16.0. The molecule has 6 nitrogen and oxygen atoms in total. The maximum Gasteiger partial charge on any atom is 0.331 e. The van der Waals surface area contributed by atoms with Crippen molar-refractivity contribution in [3.63, 3.8) is 0 Å². The summed E-state index contributed by atoms with van der Waals surface area (Å²) in [5.74, 6) is 0.254. The molecule has 30 heavy (non-hydrogen) atoms. The molecule has 2 aromatic rings. The third kappa shape index (κ3) is 5.41. The number of ether oxygens (including phenoxy) is 3. The molecule has 1 aliphatic carbocycles. The third-order valence-electron chi connectivity index (χ3n) is 4.93. The number of aryl methyl sites for hydroxylation is 2. The van der Waals surface area contributed by atoms with E-state index in [-0.39, 0.29) is 5.91 Å². The van der Waals surface area contributed by atoms with Gasteiger partial charge in [-0.3, -0.25) is 4.79 Å². The van der Waals surface area contributed by atoms with Gasteiger partial charge in [0.05, 0.1) is 13.7 Å². The summed E-state index contributed by atoms with van der Waals surface area (Å²) in [6, 6.07) is 11.3. The number of carbonyl (C=O) groups is 2. The molecule has 0 saturated carbocycles. The highest BCUT2D eigenvalue weighted by molar-refractivity contribution is 5.96. The Hall–Kier alpha value is -3.28. The van der Waals surface area contributed by atoms with Crippen LogP contribution in [0.1, 0.15) is 37.0 Å². The number of amides is 1. The number of nitrogens with one attached hydrogen (secondary N) is 1. The summed E-state index contributed by atoms with van der Waals surface area (Å²) >= 11 is 0. The number of esters is 1. The molecule has 158 valence electrons. The number of hydrogen-bond acceptors (Lipinski definition) is 5. The molecule has 0 radical (unpaired) electrons. The van der Waals surface area contributed by atoms with E-state index in [1.165, 1.54) is 17.2 Å². The summed E-state index contributed by atoms with van der Waals surface area (Å²) in [4.78, 5) is 24.5. The Labute approximate surface area is 176 Å². The summed E-state index contributed by atoms with van der Waals surface area (Å²) in [7, 11) is 1.57. The molecule has 0 saturated heterocycles. The van der Waals surface area contributed by atoms with Crippen molar-refractivity contribution in [2.24, 2.45) is 0 Å². The highest BCUT2D eigenvalue weighted by atomic mass is 16.5. The fourth-order valence-corrected chi connectivity index (χ4v) is 3.39. The monoisotopic (exact) mass is 409 g/mol. The lowest BCUT2D eigenvalue weighted by molar-refractivity contribution is -0.148. The molecule has 2 aromatic carbocycles. The van der Waals surface area contributed by atoms with Crippen molar-refractivity contribution >= 4 is 23.6 Å². The van der Waals surface area contributed by atoms with Crippen LogP contribution in [0.5, 0.6) is 11.5 Å². The van der Waals surface area contributed by atoms with E-state index in [0.29, 0.717) is 18.1 Å². The molecular weight excluding hydrogens is 382 g/mol. The van der Waals surface area contributed by atoms with Crippen LogP contribution >= 0.6 is 0 Å². The Morgan fingerprint density at radius 1 is 1.10 bits per heavy atom. The Bertz CT molecular complexity index is 951. The Morgan fingerprint density at radius 3 is 2.67 bits per heavy atom. The predicted molar refractivity (Wildman–Crippen MR) is 116 cm³/mol. The lowest BCUT2D eigenvalue weighted by Crippen LogP contribution is -2.29. The number of benzene rings is 2. The van der Waals surface area contributed by atoms with E-state index in [1.54, 1.807) is 38.3 Å². The minimum atomic E-state index is -0.912. The Kier molecular flexibility index (Phi) is 7.12. The molecular formula is C24H27NO5. The molecule has 0 bridgehead atoms. The van der Waals surface area contributed by atoms with Gasteiger partial charge in [-0.2, -0.15) is 0 Å². The van der Waals surface area contributed by atoms with E-state index >= 15 is 0 Å². The Morgan fingerprint density at radius 2 is 1.90 bits per heavy atom. The van der Waals surface area contributed by atoms with E-state index in [1.807, 2.05) is 25.1 Å². The fourth-order valence-electron chi connectivity index (χ4n) is 3.39. The Balaban J connectivity index is 1.56. The zero-order chi connectivity index (χ0) is 21.5. The highest BCUT2D eigenvalue weighted by Crippen LogP contribution is 2.28. The van der Waals surface area contributed by atoms with Crippen LogP contribution in [0.2, 0.25) is 0 Å². The van der Waals surface area contributed by atoms with Gasteiger partial charge in [-0.15, -0.1) is 0 Å². The molecule has 6 heteroatoms. The summed E-state index contributed by atoms with van der Waals surface area (Å²) in [6.45, 7) is 3.94. The van der Waals surface area contributed by atoms with Crippen LogP contribution in [0.15, 0.2) is 42.5 Å². The molecule has 3 rings (SSSR count). The molecule has 0 aromatic heterocycles. The van der Waals surface area contributed by atoms with Gasteiger partial charge in [-0.05, 0) is 80.1 Å². The van der Waals surface area contributed by atoms with Gasteiger partial charge in [0.2, 0.25) is 0 Å². The van der Waals surface area contributed by atoms with E-state index in [4.69, 9.17) is 14.2 Å². The molecule has 0 spiro atoms. The molecule has 0 heterocycles. The van der Waals surface area contributed by atoms with E-state index in [9.17, 15) is 9.59 Å². The molecule has 1 atom stereocenters. The van der Waals surface area contributed by atoms with Crippen molar-refractivity contribution in [1.82, 2.24) is 0 Å². The van der Waals surface area contributed by atoms with Crippen molar-refractivity contribution < 1.29 is 23.8 Å². The van der Waals surface area contributed by atoms with Crippen molar-refractivity contribution in [3.05, 3.63) is 59.2 Å². The van der Waals surface area contributed by atoms with Crippen LogP contribution in [0.3, 0.4) is 0 Å². The molecule has 0 unspecified atom stereocenters. The minimum absolute atomic E-state index is 0.363. The van der Waals surface area contributed by atoms with Gasteiger partial charge in [0.1, 0.15) is 0 Å². The first-order valence-corrected chi connectivity index (χ1v) is 10.1. The first-order chi connectivity index (χ1) is 14.5. The van der Waals surface area contributed by atoms with Crippen LogP contribution in [0, 0.1) is 0 Å². The topological polar surface area (TPSA) is 73.9 Å². The quantitative estimate of drug-likeness (QED) is 0.523. The zero-order valence-corrected chi connectivity index (χ0v) is 17.6. The lowest BCUT2D eigenvalue weighted by Gasteiger charge is -2.13. The van der Waals surface area contributed by atoms with Crippen LogP contribution in [0.4, 0.5) is 5.69 Å². The predicted octanol–water partition coefficient (Wildman–Crippen LogP) is 4.17. The zero-order valence-electron chi connectivity index (χ0n) is 17.6. The second-order valence-electron chi connectivity index (χ2n) is 7.08. The molecule has 1 N–H and O–H groups in total. The highest BCUT2D eigenvalue weighted by Gasteiger charge is 2.18. The summed E-state index contributed by atoms with van der Waals surface area (Å²) in [5.41, 5.74) is 4.09. The van der Waals surface area contributed by atoms with E-state index in [0.717, 1.165) is 30.5 Å². The number of hydrogen-bond donors (Lipinski definition) is 1. The van der Waals surface area contributed by atoms with Gasteiger partial charge in [0.25, 0.3) is 5.91 Å². The second kappa shape index (κ2) is 9.96. The number of fused-ring (bicyclic) bond motifs is 1. The summed E-state index contributed by atoms with van der Waals surface area (Å²) in [5, 5.41) is 2.81. The number of anilines is 1. The van der Waals surface area contributed by atoms with Crippen LogP contribution in [0.25, 0.3) is 6.08 Å². The van der Waals surface area contributed by atoms with Gasteiger partial charge in [0.15, 0.2) is 17.6 Å². The number of methoxy groups -OCH3 is 1. The van der Waals surface area contributed by atoms with Gasteiger partial charge >= 0.3 is 5.97 Å². The lowest BCUT2D eigenvalue weighted by atomic mass is 10.1. The summed E-state index contributed by atoms with van der Waals surface area (Å²) in [6.07, 6.45) is 5.25. The fraction of sp³-hybridized carbons (Fsp3) is 0.333. The van der Waals surface area contributed by atoms with Gasteiger partial charge < -0.3 is 19.5 Å². The first kappa shape index (κ1) is 21.4. The number of rotatable bonds is 8. The van der Waals surface area contributed by atoms with Crippen molar-refractivity contribution in [1.29, 1.82) is 0 Å². The van der Waals surface area contributed by atoms with Crippen molar-refractivity contribution in [2.75, 3.05) is 19.0 Å². The average Bonchev–Trinajstić information content (AvgIpc) is 3.20. The molecule has 1 aliphatic rings.